The third kappa shape index (κ3) is 3.96. The van der Waals surface area contributed by atoms with E-state index in [1.807, 2.05) is 30.0 Å². The van der Waals surface area contributed by atoms with Crippen LogP contribution in [0.5, 0.6) is 0 Å². The zero-order chi connectivity index (χ0) is 15.2. The summed E-state index contributed by atoms with van der Waals surface area (Å²) in [5.41, 5.74) is 0.915. The highest BCUT2D eigenvalue weighted by Crippen LogP contribution is 2.24. The summed E-state index contributed by atoms with van der Waals surface area (Å²) in [4.78, 5) is 15.9. The molecule has 1 fully saturated rings. The molecule has 2 rings (SSSR count). The van der Waals surface area contributed by atoms with Gasteiger partial charge in [-0.25, -0.2) is 0 Å². The van der Waals surface area contributed by atoms with Crippen molar-refractivity contribution in [3.8, 4) is 6.07 Å². The van der Waals surface area contributed by atoms with Crippen molar-refractivity contribution in [1.82, 2.24) is 9.80 Å². The Morgan fingerprint density at radius 2 is 2.10 bits per heavy atom. The van der Waals surface area contributed by atoms with E-state index in [-0.39, 0.29) is 11.9 Å². The molecule has 0 saturated carbocycles. The fourth-order valence-corrected chi connectivity index (χ4v) is 2.84. The number of hydrogen-bond acceptors (Lipinski definition) is 3. The quantitative estimate of drug-likeness (QED) is 0.859. The number of nitrogens with zero attached hydrogens (tertiary/aromatic N) is 3. The molecule has 0 spiro atoms. The van der Waals surface area contributed by atoms with Gasteiger partial charge >= 0.3 is 0 Å². The Labute approximate surface area is 130 Å². The Kier molecular flexibility index (Phi) is 5.60. The first kappa shape index (κ1) is 15.8. The molecule has 0 aromatic heterocycles. The zero-order valence-corrected chi connectivity index (χ0v) is 13.0. The van der Waals surface area contributed by atoms with Gasteiger partial charge in [0.25, 0.3) is 0 Å². The number of hydrogen-bond donors (Lipinski definition) is 0. The maximum absolute atomic E-state index is 11.9. The van der Waals surface area contributed by atoms with Gasteiger partial charge in [-0.2, -0.15) is 5.26 Å². The molecule has 0 radical (unpaired) electrons. The summed E-state index contributed by atoms with van der Waals surface area (Å²) in [6, 6.07) is 9.48. The summed E-state index contributed by atoms with van der Waals surface area (Å²) < 4.78 is 0. The summed E-state index contributed by atoms with van der Waals surface area (Å²) in [6.07, 6.45) is 1.48. The van der Waals surface area contributed by atoms with Crippen molar-refractivity contribution in [2.24, 2.45) is 0 Å². The Morgan fingerprint density at radius 1 is 1.38 bits per heavy atom. The molecule has 0 N–H and O–H groups in total. The number of carbonyl (C=O) groups is 1. The van der Waals surface area contributed by atoms with Crippen LogP contribution in [0.3, 0.4) is 0 Å². The molecule has 0 bridgehead atoms. The van der Waals surface area contributed by atoms with E-state index >= 15 is 0 Å². The number of halogens is 1. The maximum atomic E-state index is 11.9. The van der Waals surface area contributed by atoms with E-state index in [2.05, 4.69) is 11.0 Å². The van der Waals surface area contributed by atoms with E-state index in [4.69, 9.17) is 11.6 Å². The van der Waals surface area contributed by atoms with Gasteiger partial charge < -0.3 is 4.90 Å². The van der Waals surface area contributed by atoms with E-state index < -0.39 is 0 Å². The highest BCUT2D eigenvalue weighted by atomic mass is 35.5. The number of rotatable bonds is 4. The first-order valence-electron chi connectivity index (χ1n) is 7.32. The number of piperazine rings is 1. The highest BCUT2D eigenvalue weighted by Gasteiger charge is 2.26. The predicted molar refractivity (Wildman–Crippen MR) is 82.9 cm³/mol. The van der Waals surface area contributed by atoms with Gasteiger partial charge in [0.15, 0.2) is 0 Å². The molecule has 1 amide bonds. The first-order valence-corrected chi connectivity index (χ1v) is 7.70. The fraction of sp³-hybridized carbons (Fsp3) is 0.500. The lowest BCUT2D eigenvalue weighted by molar-refractivity contribution is -0.133. The predicted octanol–water partition coefficient (Wildman–Crippen LogP) is 2.85. The SMILES string of the molecule is CCCC(=O)N1CCN(C(C#N)c2cccc(Cl)c2)CC1. The van der Waals surface area contributed by atoms with Crippen LogP contribution >= 0.6 is 11.6 Å². The molecular formula is C16H20ClN3O. The van der Waals surface area contributed by atoms with Crippen molar-refractivity contribution < 1.29 is 4.79 Å². The van der Waals surface area contributed by atoms with Crippen molar-refractivity contribution in [1.29, 1.82) is 5.26 Å². The van der Waals surface area contributed by atoms with Gasteiger partial charge in [-0.1, -0.05) is 30.7 Å². The average Bonchev–Trinajstić information content (AvgIpc) is 2.49. The Bertz CT molecular complexity index is 533. The molecule has 1 atom stereocenters. The molecule has 5 heteroatoms. The van der Waals surface area contributed by atoms with Gasteiger partial charge in [0, 0.05) is 37.6 Å². The van der Waals surface area contributed by atoms with Crippen molar-refractivity contribution in [2.45, 2.75) is 25.8 Å². The summed E-state index contributed by atoms with van der Waals surface area (Å²) in [7, 11) is 0. The normalized spacial score (nSPS) is 17.3. The molecule has 1 saturated heterocycles. The van der Waals surface area contributed by atoms with Crippen molar-refractivity contribution in [2.75, 3.05) is 26.2 Å². The van der Waals surface area contributed by atoms with Crippen LogP contribution in [0, 0.1) is 11.3 Å². The standard InChI is InChI=1S/C16H20ClN3O/c1-2-4-16(21)20-9-7-19(8-10-20)15(12-18)13-5-3-6-14(17)11-13/h3,5-6,11,15H,2,4,7-10H2,1H3. The Hall–Kier alpha value is -1.57. The molecule has 1 aliphatic heterocycles. The highest BCUT2D eigenvalue weighted by molar-refractivity contribution is 6.30. The molecule has 112 valence electrons. The van der Waals surface area contributed by atoms with E-state index in [1.54, 1.807) is 6.07 Å². The summed E-state index contributed by atoms with van der Waals surface area (Å²) in [5, 5.41) is 10.1. The van der Waals surface area contributed by atoms with Gasteiger partial charge in [-0.15, -0.1) is 0 Å². The molecule has 0 aliphatic carbocycles. The third-order valence-corrected chi connectivity index (χ3v) is 4.02. The van der Waals surface area contributed by atoms with Crippen molar-refractivity contribution in [3.63, 3.8) is 0 Å². The molecule has 1 aromatic rings. The van der Waals surface area contributed by atoms with Gasteiger partial charge in [0.1, 0.15) is 6.04 Å². The second-order valence-electron chi connectivity index (χ2n) is 5.25. The van der Waals surface area contributed by atoms with Crippen LogP contribution in [-0.4, -0.2) is 41.9 Å². The van der Waals surface area contributed by atoms with Gasteiger partial charge in [0.05, 0.1) is 6.07 Å². The second kappa shape index (κ2) is 7.44. The van der Waals surface area contributed by atoms with E-state index in [9.17, 15) is 10.1 Å². The van der Waals surface area contributed by atoms with Crippen LogP contribution in [0.4, 0.5) is 0 Å². The molecule has 1 aliphatic rings. The van der Waals surface area contributed by atoms with Crippen LogP contribution in [0.15, 0.2) is 24.3 Å². The van der Waals surface area contributed by atoms with E-state index in [1.165, 1.54) is 0 Å². The second-order valence-corrected chi connectivity index (χ2v) is 5.69. The lowest BCUT2D eigenvalue weighted by atomic mass is 10.1. The fourth-order valence-electron chi connectivity index (χ4n) is 2.65. The average molecular weight is 306 g/mol. The summed E-state index contributed by atoms with van der Waals surface area (Å²) in [5.74, 6) is 0.216. The molecular weight excluding hydrogens is 286 g/mol. The first-order chi connectivity index (χ1) is 10.2. The van der Waals surface area contributed by atoms with Gasteiger partial charge in [0.2, 0.25) is 5.91 Å². The topological polar surface area (TPSA) is 47.3 Å². The molecule has 4 nitrogen and oxygen atoms in total. The Balaban J connectivity index is 2.00. The van der Waals surface area contributed by atoms with Crippen LogP contribution in [0.2, 0.25) is 5.02 Å². The van der Waals surface area contributed by atoms with E-state index in [0.717, 1.165) is 25.1 Å². The minimum atomic E-state index is -0.299. The molecule has 1 heterocycles. The largest absolute Gasteiger partial charge is 0.340 e. The lowest BCUT2D eigenvalue weighted by Gasteiger charge is -2.37. The third-order valence-electron chi connectivity index (χ3n) is 3.78. The minimum absolute atomic E-state index is 0.216. The number of amides is 1. The smallest absolute Gasteiger partial charge is 0.222 e. The van der Waals surface area contributed by atoms with Crippen LogP contribution in [0.25, 0.3) is 0 Å². The van der Waals surface area contributed by atoms with Crippen molar-refractivity contribution in [3.05, 3.63) is 34.9 Å². The van der Waals surface area contributed by atoms with Crippen LogP contribution in [-0.2, 0) is 4.79 Å². The zero-order valence-electron chi connectivity index (χ0n) is 12.3. The maximum Gasteiger partial charge on any atom is 0.222 e. The van der Waals surface area contributed by atoms with Crippen LogP contribution < -0.4 is 0 Å². The summed E-state index contributed by atoms with van der Waals surface area (Å²) >= 11 is 6.00. The minimum Gasteiger partial charge on any atom is -0.340 e. The Morgan fingerprint density at radius 3 is 2.67 bits per heavy atom. The number of benzene rings is 1. The van der Waals surface area contributed by atoms with Crippen molar-refractivity contribution >= 4 is 17.5 Å². The molecule has 21 heavy (non-hydrogen) atoms. The lowest BCUT2D eigenvalue weighted by Crippen LogP contribution is -2.49. The summed E-state index contributed by atoms with van der Waals surface area (Å²) in [6.45, 7) is 4.84. The number of nitriles is 1. The number of carbonyl (C=O) groups excluding carboxylic acids is 1. The molecule has 1 aromatic carbocycles. The monoisotopic (exact) mass is 305 g/mol. The van der Waals surface area contributed by atoms with E-state index in [0.29, 0.717) is 24.5 Å². The van der Waals surface area contributed by atoms with Gasteiger partial charge in [-0.3, -0.25) is 9.69 Å². The van der Waals surface area contributed by atoms with Gasteiger partial charge in [-0.05, 0) is 24.1 Å². The molecule has 1 unspecified atom stereocenters. The van der Waals surface area contributed by atoms with Crippen LogP contribution in [0.1, 0.15) is 31.4 Å².